The van der Waals surface area contributed by atoms with Gasteiger partial charge < -0.3 is 4.57 Å². The van der Waals surface area contributed by atoms with Crippen molar-refractivity contribution < 1.29 is 0 Å². The summed E-state index contributed by atoms with van der Waals surface area (Å²) < 4.78 is 2.44. The quantitative estimate of drug-likeness (QED) is 0.128. The van der Waals surface area contributed by atoms with Crippen LogP contribution in [-0.4, -0.2) is 19.5 Å². The van der Waals surface area contributed by atoms with Gasteiger partial charge in [0.1, 0.15) is 0 Å². The second kappa shape index (κ2) is 17.7. The van der Waals surface area contributed by atoms with E-state index in [1.165, 1.54) is 133 Å². The van der Waals surface area contributed by atoms with E-state index in [2.05, 4.69) is 186 Å². The molecule has 6 aromatic carbocycles. The van der Waals surface area contributed by atoms with Crippen LogP contribution in [0.25, 0.3) is 72.8 Å². The Morgan fingerprint density at radius 3 is 2.04 bits per heavy atom. The predicted molar refractivity (Wildman–Crippen MR) is 299 cm³/mol. The molecule has 0 radical (unpaired) electrons. The lowest BCUT2D eigenvalue weighted by Crippen LogP contribution is -2.53. The normalized spacial score (nSPS) is 27.1. The summed E-state index contributed by atoms with van der Waals surface area (Å²) in [6, 6.07) is 51.3. The molecule has 0 spiro atoms. The molecule has 13 rings (SSSR count). The van der Waals surface area contributed by atoms with E-state index in [0.29, 0.717) is 34.2 Å². The van der Waals surface area contributed by atoms with Crippen LogP contribution in [0.1, 0.15) is 148 Å². The number of fused-ring (bicyclic) bond motifs is 11. The summed E-state index contributed by atoms with van der Waals surface area (Å²) in [5, 5.41) is 2.53. The Labute approximate surface area is 429 Å². The first kappa shape index (κ1) is 46.0. The topological polar surface area (TPSA) is 43.6 Å². The summed E-state index contributed by atoms with van der Waals surface area (Å²) in [6.45, 7) is 15.0. The Kier molecular flexibility index (Phi) is 11.3. The minimum absolute atomic E-state index is 0.0995. The molecule has 8 aromatic rings. The molecule has 366 valence electrons. The van der Waals surface area contributed by atoms with Gasteiger partial charge in [0, 0.05) is 38.6 Å². The molecule has 4 nitrogen and oxygen atoms in total. The second-order valence-corrected chi connectivity index (χ2v) is 24.9. The van der Waals surface area contributed by atoms with Gasteiger partial charge >= 0.3 is 0 Å². The number of unbranched alkanes of at least 4 members (excludes halogenated alkanes) is 1. The van der Waals surface area contributed by atoms with Crippen molar-refractivity contribution >= 4 is 21.8 Å². The molecule has 4 fully saturated rings. The second-order valence-electron chi connectivity index (χ2n) is 24.9. The molecule has 0 bridgehead atoms. The van der Waals surface area contributed by atoms with E-state index in [1.807, 2.05) is 0 Å². The molecule has 8 unspecified atom stereocenters. The molecular formula is C68H74N4. The average Bonchev–Trinajstić information content (AvgIpc) is 4.00. The average molecular weight is 947 g/mol. The van der Waals surface area contributed by atoms with Gasteiger partial charge in [-0.15, -0.1) is 0 Å². The number of nitrogens with zero attached hydrogens (tertiary/aromatic N) is 4. The van der Waals surface area contributed by atoms with E-state index in [9.17, 15) is 0 Å². The highest BCUT2D eigenvalue weighted by Crippen LogP contribution is 2.69. The predicted octanol–water partition coefficient (Wildman–Crippen LogP) is 18.2. The molecule has 72 heavy (non-hydrogen) atoms. The Morgan fingerprint density at radius 1 is 0.542 bits per heavy atom. The van der Waals surface area contributed by atoms with Crippen molar-refractivity contribution in [1.29, 1.82) is 0 Å². The highest BCUT2D eigenvalue weighted by molar-refractivity contribution is 6.11. The van der Waals surface area contributed by atoms with Crippen molar-refractivity contribution in [1.82, 2.24) is 19.5 Å². The molecule has 4 heteroatoms. The van der Waals surface area contributed by atoms with Gasteiger partial charge in [-0.25, -0.2) is 15.0 Å². The van der Waals surface area contributed by atoms with Crippen molar-refractivity contribution in [3.05, 3.63) is 156 Å². The SMILES string of the molecule is CC(C)CCCCC1CCC2C3CCC4CC(c5ccc(-c6nc(-c7ccccc7)nc(-c7cccc(-n8c9ccccc9c9cc%10c(cc98)C(C)(C)c8ccccc8-%10)c7)n6)cc5)CCC4(C)C3CCC12C. The van der Waals surface area contributed by atoms with Gasteiger partial charge in [0.25, 0.3) is 0 Å². The van der Waals surface area contributed by atoms with Gasteiger partial charge in [-0.3, -0.25) is 0 Å². The maximum atomic E-state index is 5.30. The lowest BCUT2D eigenvalue weighted by molar-refractivity contribution is -0.114. The summed E-state index contributed by atoms with van der Waals surface area (Å²) in [4.78, 5) is 15.7. The molecule has 0 saturated heterocycles. The molecule has 4 saturated carbocycles. The van der Waals surface area contributed by atoms with Crippen LogP contribution in [0.15, 0.2) is 140 Å². The third-order valence-corrected chi connectivity index (χ3v) is 20.5. The third kappa shape index (κ3) is 7.46. The van der Waals surface area contributed by atoms with Crippen molar-refractivity contribution in [3.63, 3.8) is 0 Å². The molecule has 0 amide bonds. The molecule has 5 aliphatic rings. The van der Waals surface area contributed by atoms with E-state index in [0.717, 1.165) is 57.9 Å². The Balaban J connectivity index is 0.780. The third-order valence-electron chi connectivity index (χ3n) is 20.5. The van der Waals surface area contributed by atoms with Crippen LogP contribution in [-0.2, 0) is 5.41 Å². The van der Waals surface area contributed by atoms with Crippen LogP contribution in [0.4, 0.5) is 0 Å². The van der Waals surface area contributed by atoms with Crippen LogP contribution in [0.3, 0.4) is 0 Å². The smallest absolute Gasteiger partial charge is 0.164 e. The van der Waals surface area contributed by atoms with Crippen molar-refractivity contribution in [2.45, 2.75) is 136 Å². The molecular weight excluding hydrogens is 873 g/mol. The van der Waals surface area contributed by atoms with Gasteiger partial charge in [0.05, 0.1) is 11.0 Å². The van der Waals surface area contributed by atoms with E-state index >= 15 is 0 Å². The van der Waals surface area contributed by atoms with E-state index in [1.54, 1.807) is 0 Å². The number of benzene rings is 6. The van der Waals surface area contributed by atoms with Crippen LogP contribution in [0.2, 0.25) is 0 Å². The van der Waals surface area contributed by atoms with E-state index < -0.39 is 0 Å². The molecule has 5 aliphatic carbocycles. The fourth-order valence-corrected chi connectivity index (χ4v) is 16.6. The summed E-state index contributed by atoms with van der Waals surface area (Å²) in [6.07, 6.45) is 18.6. The molecule has 0 aliphatic heterocycles. The zero-order valence-corrected chi connectivity index (χ0v) is 43.8. The Morgan fingerprint density at radius 2 is 1.24 bits per heavy atom. The number of hydrogen-bond donors (Lipinski definition) is 0. The highest BCUT2D eigenvalue weighted by atomic mass is 15.0. The van der Waals surface area contributed by atoms with Gasteiger partial charge in [-0.1, -0.05) is 170 Å². The van der Waals surface area contributed by atoms with Crippen LogP contribution in [0, 0.1) is 46.3 Å². The van der Waals surface area contributed by atoms with Gasteiger partial charge in [0.2, 0.25) is 0 Å². The zero-order chi connectivity index (χ0) is 48.9. The van der Waals surface area contributed by atoms with Crippen LogP contribution >= 0.6 is 0 Å². The van der Waals surface area contributed by atoms with Crippen molar-refractivity contribution in [3.8, 4) is 51.0 Å². The van der Waals surface area contributed by atoms with Crippen LogP contribution in [0.5, 0.6) is 0 Å². The van der Waals surface area contributed by atoms with E-state index in [4.69, 9.17) is 15.0 Å². The summed E-state index contributed by atoms with van der Waals surface area (Å²) in [7, 11) is 0. The largest absolute Gasteiger partial charge is 0.309 e. The first-order chi connectivity index (χ1) is 35.0. The maximum Gasteiger partial charge on any atom is 0.164 e. The van der Waals surface area contributed by atoms with Crippen LogP contribution < -0.4 is 0 Å². The zero-order valence-electron chi connectivity index (χ0n) is 43.8. The summed E-state index contributed by atoms with van der Waals surface area (Å²) in [5.74, 6) is 8.18. The fraction of sp³-hybridized carbons (Fsp3) is 0.426. The molecule has 2 aromatic heterocycles. The number of hydrogen-bond acceptors (Lipinski definition) is 3. The van der Waals surface area contributed by atoms with Crippen molar-refractivity contribution in [2.24, 2.45) is 46.3 Å². The molecule has 8 atom stereocenters. The monoisotopic (exact) mass is 947 g/mol. The van der Waals surface area contributed by atoms with E-state index in [-0.39, 0.29) is 5.41 Å². The van der Waals surface area contributed by atoms with Gasteiger partial charge in [0.15, 0.2) is 17.5 Å². The standard InChI is InChI=1S/C68H74N4/c1-43(2)17-10-11-21-49-32-34-58-54-33-31-50-39-47(35-37-68(50,6)59(54)36-38-67(49,58)5)44-27-29-46(30-28-44)64-69-63(45-18-8-7-9-19-45)70-65(71-64)48-20-16-22-51(40-48)72-61-26-15-13-24-53(61)56-41-55-52-23-12-14-25-57(52)66(3,4)60(55)42-62(56)72/h7-9,12-16,18-20,22-30,40-43,47,49-50,54,58-59H,10-11,17,21,31-39H2,1-6H3. The minimum Gasteiger partial charge on any atom is -0.309 e. The first-order valence-corrected chi connectivity index (χ1v) is 28.2. The summed E-state index contributed by atoms with van der Waals surface area (Å²) >= 11 is 0. The maximum absolute atomic E-state index is 5.30. The Hall–Kier alpha value is -5.87. The fourth-order valence-electron chi connectivity index (χ4n) is 16.6. The molecule has 2 heterocycles. The van der Waals surface area contributed by atoms with Crippen molar-refractivity contribution in [2.75, 3.05) is 0 Å². The minimum atomic E-state index is -0.0995. The number of para-hydroxylation sites is 1. The summed E-state index contributed by atoms with van der Waals surface area (Å²) in [5.41, 5.74) is 14.4. The lowest BCUT2D eigenvalue weighted by Gasteiger charge is -2.61. The Bertz CT molecular complexity index is 3320. The van der Waals surface area contributed by atoms with Gasteiger partial charge in [-0.2, -0.15) is 0 Å². The number of aromatic nitrogens is 4. The first-order valence-electron chi connectivity index (χ1n) is 28.2. The highest BCUT2D eigenvalue weighted by Gasteiger charge is 2.60. The van der Waals surface area contributed by atoms with Gasteiger partial charge in [-0.05, 0) is 175 Å². The number of rotatable bonds is 10. The lowest BCUT2D eigenvalue weighted by atomic mass is 9.44. The molecule has 0 N–H and O–H groups in total.